The maximum atomic E-state index is 12.5. The van der Waals surface area contributed by atoms with E-state index in [-0.39, 0.29) is 6.03 Å². The van der Waals surface area contributed by atoms with Crippen molar-refractivity contribution in [2.24, 2.45) is 0 Å². The topological polar surface area (TPSA) is 32.3 Å². The molecule has 1 aliphatic heterocycles. The summed E-state index contributed by atoms with van der Waals surface area (Å²) in [7, 11) is -1.12. The van der Waals surface area contributed by atoms with Gasteiger partial charge in [0.05, 0.1) is 0 Å². The van der Waals surface area contributed by atoms with Crippen LogP contribution in [0.5, 0.6) is 0 Å². The number of nitrogens with one attached hydrogen (secondary N) is 1. The molecule has 3 nitrogen and oxygen atoms in total. The lowest BCUT2D eigenvalue weighted by Gasteiger charge is -2.40. The van der Waals surface area contributed by atoms with E-state index in [1.807, 2.05) is 0 Å². The molecule has 0 bridgehead atoms. The molecule has 1 heterocycles. The summed E-state index contributed by atoms with van der Waals surface area (Å²) in [4.78, 5) is 14.1. The first-order valence-corrected chi connectivity index (χ1v) is 13.3. The van der Waals surface area contributed by atoms with Crippen LogP contribution in [0.3, 0.4) is 0 Å². The van der Waals surface area contributed by atoms with Crippen LogP contribution in [0.2, 0.25) is 30.7 Å². The molecule has 0 saturated heterocycles. The molecule has 1 aromatic rings. The number of hydrogen-bond acceptors (Lipinski definition) is 1. The average molecular weight is 440 g/mol. The minimum atomic E-state index is -1.65. The highest BCUT2D eigenvalue weighted by Gasteiger charge is 2.44. The van der Waals surface area contributed by atoms with Gasteiger partial charge in [0.1, 0.15) is 6.04 Å². The molecular weight excluding hydrogens is 418 g/mol. The Morgan fingerprint density at radius 3 is 2.52 bits per heavy atom. The molecule has 1 unspecified atom stereocenters. The van der Waals surface area contributed by atoms with Crippen LogP contribution < -0.4 is 5.32 Å². The lowest BCUT2D eigenvalue weighted by molar-refractivity contribution is 0.186. The molecule has 25 heavy (non-hydrogen) atoms. The number of carbonyl (C=O) groups is 1. The Bertz CT molecular complexity index is 668. The second-order valence-corrected chi connectivity index (χ2v) is 15.7. The van der Waals surface area contributed by atoms with Gasteiger partial charge in [0.15, 0.2) is 0 Å². The summed E-state index contributed by atoms with van der Waals surface area (Å²) < 4.78 is -1.65. The highest BCUT2D eigenvalue weighted by atomic mass is 35.6. The first kappa shape index (κ1) is 20.9. The van der Waals surface area contributed by atoms with Gasteiger partial charge in [-0.25, -0.2) is 4.79 Å². The highest BCUT2D eigenvalue weighted by molar-refractivity contribution is 6.76. The van der Waals surface area contributed by atoms with Crippen molar-refractivity contribution in [2.75, 3.05) is 11.9 Å². The summed E-state index contributed by atoms with van der Waals surface area (Å²) in [6.45, 7) is 7.40. The Morgan fingerprint density at radius 1 is 1.24 bits per heavy atom. The predicted molar refractivity (Wildman–Crippen MR) is 112 cm³/mol. The summed E-state index contributed by atoms with van der Waals surface area (Å²) in [6, 6.07) is 5.30. The van der Waals surface area contributed by atoms with E-state index in [9.17, 15) is 4.79 Å². The van der Waals surface area contributed by atoms with Gasteiger partial charge >= 0.3 is 6.03 Å². The van der Waals surface area contributed by atoms with Crippen molar-refractivity contribution in [3.63, 3.8) is 0 Å². The molecule has 2 rings (SSSR count). The van der Waals surface area contributed by atoms with Gasteiger partial charge < -0.3 is 10.2 Å². The lowest BCUT2D eigenvalue weighted by atomic mass is 10.0. The van der Waals surface area contributed by atoms with Crippen molar-refractivity contribution in [1.82, 2.24) is 4.90 Å². The average Bonchev–Trinajstić information content (AvgIpc) is 2.45. The Hall–Kier alpha value is -0.393. The fourth-order valence-corrected chi connectivity index (χ4v) is 4.46. The maximum absolute atomic E-state index is 12.5. The lowest BCUT2D eigenvalue weighted by Crippen LogP contribution is -2.47. The Kier molecular flexibility index (Phi) is 6.77. The first-order valence-electron chi connectivity index (χ1n) is 8.08. The van der Waals surface area contributed by atoms with Gasteiger partial charge in [-0.1, -0.05) is 78.2 Å². The fraction of sp³-hybridized carbons (Fsp3) is 0.471. The van der Waals surface area contributed by atoms with Gasteiger partial charge in [0, 0.05) is 30.9 Å². The Balaban J connectivity index is 2.20. The third-order valence-electron chi connectivity index (χ3n) is 3.87. The fourth-order valence-electron chi connectivity index (χ4n) is 2.70. The standard InChI is InChI=1S/C17H22Cl4N2OSi/c1-25(2,3)10-6-4-5-9-23-15(17(19,20)21)13-11-12(18)7-8-14(13)22-16(23)24/h4,6-8,11,15H,5,9-10H2,1-3H3,(H,22,24)/b6-4-. The second-order valence-electron chi connectivity index (χ2n) is 7.32. The van der Waals surface area contributed by atoms with E-state index in [2.05, 4.69) is 37.1 Å². The van der Waals surface area contributed by atoms with Crippen molar-refractivity contribution in [2.45, 2.75) is 41.9 Å². The number of hydrogen-bond donors (Lipinski definition) is 1. The zero-order chi connectivity index (χ0) is 18.8. The molecule has 0 fully saturated rings. The number of alkyl halides is 3. The number of allylic oxidation sites excluding steroid dienone is 1. The van der Waals surface area contributed by atoms with Crippen molar-refractivity contribution in [3.05, 3.63) is 40.9 Å². The second kappa shape index (κ2) is 8.09. The van der Waals surface area contributed by atoms with E-state index in [0.717, 1.165) is 6.04 Å². The normalized spacial score (nSPS) is 18.4. The molecule has 8 heteroatoms. The first-order chi connectivity index (χ1) is 11.5. The Morgan fingerprint density at radius 2 is 1.92 bits per heavy atom. The molecular formula is C17H22Cl4N2OSi. The molecule has 0 spiro atoms. The largest absolute Gasteiger partial charge is 0.322 e. The zero-order valence-electron chi connectivity index (χ0n) is 14.5. The van der Waals surface area contributed by atoms with Crippen molar-refractivity contribution in [1.29, 1.82) is 0 Å². The zero-order valence-corrected chi connectivity index (χ0v) is 18.5. The van der Waals surface area contributed by atoms with Gasteiger partial charge in [-0.2, -0.15) is 0 Å². The van der Waals surface area contributed by atoms with E-state index in [1.165, 1.54) is 0 Å². The van der Waals surface area contributed by atoms with Crippen LogP contribution in [-0.2, 0) is 0 Å². The van der Waals surface area contributed by atoms with Crippen molar-refractivity contribution >= 4 is 66.2 Å². The van der Waals surface area contributed by atoms with Crippen molar-refractivity contribution < 1.29 is 4.79 Å². The van der Waals surface area contributed by atoms with E-state index < -0.39 is 17.9 Å². The SMILES string of the molecule is C[Si](C)(C)C/C=C\CCN1C(=O)Nc2ccc(Cl)cc2C1C(Cl)(Cl)Cl. The molecule has 0 radical (unpaired) electrons. The Labute approximate surface area is 170 Å². The van der Waals surface area contributed by atoms with Crippen LogP contribution in [0, 0.1) is 0 Å². The van der Waals surface area contributed by atoms with E-state index in [4.69, 9.17) is 46.4 Å². The monoisotopic (exact) mass is 438 g/mol. The molecule has 1 aromatic carbocycles. The van der Waals surface area contributed by atoms with E-state index >= 15 is 0 Å². The van der Waals surface area contributed by atoms with Crippen LogP contribution in [0.25, 0.3) is 0 Å². The molecule has 0 saturated carbocycles. The number of fused-ring (bicyclic) bond motifs is 1. The third kappa shape index (κ3) is 5.80. The summed E-state index contributed by atoms with van der Waals surface area (Å²) in [5.41, 5.74) is 1.33. The quantitative estimate of drug-likeness (QED) is 0.302. The third-order valence-corrected chi connectivity index (χ3v) is 6.18. The minimum Gasteiger partial charge on any atom is -0.313 e. The molecule has 0 aromatic heterocycles. The maximum Gasteiger partial charge on any atom is 0.322 e. The number of amides is 2. The van der Waals surface area contributed by atoms with Crippen LogP contribution in [-0.4, -0.2) is 29.3 Å². The number of rotatable bonds is 5. The van der Waals surface area contributed by atoms with Gasteiger partial charge in [0.2, 0.25) is 3.79 Å². The smallest absolute Gasteiger partial charge is 0.313 e. The number of urea groups is 1. The minimum absolute atomic E-state index is 0.273. The predicted octanol–water partition coefficient (Wildman–Crippen LogP) is 6.88. The van der Waals surface area contributed by atoms with E-state index in [1.54, 1.807) is 23.1 Å². The summed E-state index contributed by atoms with van der Waals surface area (Å²) in [6.07, 6.45) is 4.97. The van der Waals surface area contributed by atoms with Crippen molar-refractivity contribution in [3.8, 4) is 0 Å². The number of halogens is 4. The molecule has 1 aliphatic rings. The molecule has 2 amide bonds. The molecule has 0 aliphatic carbocycles. The number of nitrogens with zero attached hydrogens (tertiary/aromatic N) is 1. The number of carbonyl (C=O) groups excluding carboxylic acids is 1. The van der Waals surface area contributed by atoms with Crippen LogP contribution in [0.1, 0.15) is 18.0 Å². The van der Waals surface area contributed by atoms with Crippen LogP contribution in [0.15, 0.2) is 30.4 Å². The van der Waals surface area contributed by atoms with Crippen LogP contribution in [0.4, 0.5) is 10.5 Å². The summed E-state index contributed by atoms with van der Waals surface area (Å²) >= 11 is 24.7. The highest BCUT2D eigenvalue weighted by Crippen LogP contribution is 2.48. The summed E-state index contributed by atoms with van der Waals surface area (Å²) in [5.74, 6) is 0. The van der Waals surface area contributed by atoms with E-state index in [0.29, 0.717) is 29.2 Å². The van der Waals surface area contributed by atoms with Gasteiger partial charge in [-0.15, -0.1) is 0 Å². The van der Waals surface area contributed by atoms with Crippen LogP contribution >= 0.6 is 46.4 Å². The molecule has 1 N–H and O–H groups in total. The molecule has 138 valence electrons. The van der Waals surface area contributed by atoms with Gasteiger partial charge in [0.25, 0.3) is 0 Å². The molecule has 1 atom stereocenters. The van der Waals surface area contributed by atoms with Gasteiger partial charge in [-0.05, 0) is 30.7 Å². The van der Waals surface area contributed by atoms with Gasteiger partial charge in [-0.3, -0.25) is 0 Å². The number of anilines is 1. The number of benzene rings is 1. The summed E-state index contributed by atoms with van der Waals surface area (Å²) in [5, 5.41) is 3.37.